The predicted molar refractivity (Wildman–Crippen MR) is 72.2 cm³/mol. The maximum Gasteiger partial charge on any atom is 0.411 e. The molecule has 0 unspecified atom stereocenters. The van der Waals surface area contributed by atoms with Crippen LogP contribution in [0.5, 0.6) is 0 Å². The minimum atomic E-state index is -4.26. The molecule has 1 N–H and O–H groups in total. The summed E-state index contributed by atoms with van der Waals surface area (Å²) in [5.41, 5.74) is 0.841. The van der Waals surface area contributed by atoms with E-state index in [4.69, 9.17) is 0 Å². The molecule has 0 saturated heterocycles. The van der Waals surface area contributed by atoms with Gasteiger partial charge in [-0.3, -0.25) is 0 Å². The first-order chi connectivity index (χ1) is 7.88. The Labute approximate surface area is 119 Å². The van der Waals surface area contributed by atoms with Crippen LogP contribution in [-0.2, 0) is 4.74 Å². The number of nitrogens with one attached hydrogen (secondary N) is 1. The smallest absolute Gasteiger partial charge is 0.383 e. The average Bonchev–Trinajstić information content (AvgIpc) is 2.21. The summed E-state index contributed by atoms with van der Waals surface area (Å²) in [5, 5.41) is 2.97. The molecular weight excluding hydrogens is 414 g/mol. The van der Waals surface area contributed by atoms with Crippen molar-refractivity contribution < 1.29 is 17.9 Å². The van der Waals surface area contributed by atoms with Crippen LogP contribution in [0.3, 0.4) is 0 Å². The first kappa shape index (κ1) is 15.0. The van der Waals surface area contributed by atoms with Crippen LogP contribution in [0, 0.1) is 3.57 Å². The van der Waals surface area contributed by atoms with Crippen molar-refractivity contribution in [1.29, 1.82) is 0 Å². The van der Waals surface area contributed by atoms with Gasteiger partial charge in [0.25, 0.3) is 0 Å². The highest BCUT2D eigenvalue weighted by atomic mass is 127. The Balaban J connectivity index is 2.25. The van der Waals surface area contributed by atoms with Gasteiger partial charge in [0, 0.05) is 20.3 Å². The van der Waals surface area contributed by atoms with Crippen molar-refractivity contribution in [2.24, 2.45) is 0 Å². The fourth-order valence-electron chi connectivity index (χ4n) is 1.06. The van der Waals surface area contributed by atoms with Gasteiger partial charge in [0.05, 0.1) is 6.61 Å². The second-order valence-corrected chi connectivity index (χ2v) is 5.24. The summed E-state index contributed by atoms with van der Waals surface area (Å²) in [6, 6.07) is 5.63. The van der Waals surface area contributed by atoms with Gasteiger partial charge in [0.2, 0.25) is 0 Å². The predicted octanol–water partition coefficient (Wildman–Crippen LogP) is 4.04. The molecule has 0 aliphatic heterocycles. The molecule has 0 radical (unpaired) electrons. The Morgan fingerprint density at radius 1 is 1.35 bits per heavy atom. The zero-order valence-corrected chi connectivity index (χ0v) is 12.4. The standard InChI is InChI=1S/C10H10BrF3INO/c11-8-5-7(1-2-9(8)15)16-3-4-17-6-10(12,13)14/h1-2,5,16H,3-4,6H2. The molecule has 7 heteroatoms. The Morgan fingerprint density at radius 2 is 2.06 bits per heavy atom. The van der Waals surface area contributed by atoms with E-state index in [0.29, 0.717) is 6.54 Å². The number of benzene rings is 1. The third-order valence-corrected chi connectivity index (χ3v) is 4.10. The molecule has 17 heavy (non-hydrogen) atoms. The summed E-state index contributed by atoms with van der Waals surface area (Å²) in [6.07, 6.45) is -4.26. The topological polar surface area (TPSA) is 21.3 Å². The van der Waals surface area contributed by atoms with Crippen LogP contribution < -0.4 is 5.32 Å². The van der Waals surface area contributed by atoms with Crippen LogP contribution in [0.4, 0.5) is 18.9 Å². The van der Waals surface area contributed by atoms with Gasteiger partial charge in [-0.1, -0.05) is 0 Å². The van der Waals surface area contributed by atoms with Gasteiger partial charge in [0.15, 0.2) is 0 Å². The minimum Gasteiger partial charge on any atom is -0.383 e. The van der Waals surface area contributed by atoms with Crippen molar-refractivity contribution >= 4 is 44.2 Å². The molecule has 0 aliphatic rings. The summed E-state index contributed by atoms with van der Waals surface area (Å²) >= 11 is 5.54. The van der Waals surface area contributed by atoms with E-state index in [2.05, 4.69) is 48.6 Å². The van der Waals surface area contributed by atoms with Gasteiger partial charge in [-0.2, -0.15) is 13.2 Å². The summed E-state index contributed by atoms with van der Waals surface area (Å²) in [5.74, 6) is 0. The van der Waals surface area contributed by atoms with Crippen molar-refractivity contribution in [2.75, 3.05) is 25.1 Å². The molecule has 0 heterocycles. The molecule has 1 aromatic carbocycles. The van der Waals surface area contributed by atoms with Gasteiger partial charge >= 0.3 is 6.18 Å². The molecule has 1 aromatic rings. The molecule has 0 aromatic heterocycles. The van der Waals surface area contributed by atoms with E-state index in [1.807, 2.05) is 18.2 Å². The van der Waals surface area contributed by atoms with Crippen LogP contribution in [0.1, 0.15) is 0 Å². The normalized spacial score (nSPS) is 11.6. The molecule has 0 amide bonds. The van der Waals surface area contributed by atoms with Crippen LogP contribution in [0.15, 0.2) is 22.7 Å². The molecule has 0 spiro atoms. The zero-order valence-electron chi connectivity index (χ0n) is 8.65. The van der Waals surface area contributed by atoms with E-state index in [0.717, 1.165) is 13.7 Å². The second-order valence-electron chi connectivity index (χ2n) is 3.22. The quantitative estimate of drug-likeness (QED) is 0.570. The lowest BCUT2D eigenvalue weighted by Crippen LogP contribution is -2.20. The van der Waals surface area contributed by atoms with Crippen molar-refractivity contribution in [3.63, 3.8) is 0 Å². The Bertz CT molecular complexity index is 373. The molecule has 0 atom stereocenters. The Hall–Kier alpha value is -0.0200. The number of hydrogen-bond donors (Lipinski definition) is 1. The third-order valence-electron chi connectivity index (χ3n) is 1.76. The number of halogens is 5. The number of hydrogen-bond acceptors (Lipinski definition) is 2. The van der Waals surface area contributed by atoms with Gasteiger partial charge < -0.3 is 10.1 Å². The van der Waals surface area contributed by atoms with Crippen LogP contribution >= 0.6 is 38.5 Å². The largest absolute Gasteiger partial charge is 0.411 e. The molecule has 2 nitrogen and oxygen atoms in total. The van der Waals surface area contributed by atoms with Gasteiger partial charge in [0.1, 0.15) is 6.61 Å². The molecule has 0 aliphatic carbocycles. The van der Waals surface area contributed by atoms with Crippen LogP contribution in [-0.4, -0.2) is 25.9 Å². The lowest BCUT2D eigenvalue weighted by atomic mass is 10.3. The van der Waals surface area contributed by atoms with Crippen LogP contribution in [0.2, 0.25) is 0 Å². The maximum absolute atomic E-state index is 11.8. The van der Waals surface area contributed by atoms with Crippen molar-refractivity contribution in [1.82, 2.24) is 0 Å². The molecule has 0 bridgehead atoms. The number of ether oxygens (including phenoxy) is 1. The van der Waals surface area contributed by atoms with E-state index >= 15 is 0 Å². The molecule has 0 fully saturated rings. The summed E-state index contributed by atoms with van der Waals surface area (Å²) in [6.45, 7) is -0.850. The van der Waals surface area contributed by atoms with Crippen LogP contribution in [0.25, 0.3) is 0 Å². The molecule has 96 valence electrons. The van der Waals surface area contributed by atoms with Crippen molar-refractivity contribution in [3.8, 4) is 0 Å². The SMILES string of the molecule is FC(F)(F)COCCNc1ccc(I)c(Br)c1. The van der Waals surface area contributed by atoms with Crippen molar-refractivity contribution in [3.05, 3.63) is 26.2 Å². The molecular formula is C10H10BrF3INO. The Kier molecular flexibility index (Phi) is 6.01. The minimum absolute atomic E-state index is 0.0170. The van der Waals surface area contributed by atoms with Crippen molar-refractivity contribution in [2.45, 2.75) is 6.18 Å². The molecule has 1 rings (SSSR count). The zero-order chi connectivity index (χ0) is 12.9. The number of rotatable bonds is 5. The van der Waals surface area contributed by atoms with Gasteiger partial charge in [-0.15, -0.1) is 0 Å². The summed E-state index contributed by atoms with van der Waals surface area (Å²) in [4.78, 5) is 0. The highest BCUT2D eigenvalue weighted by molar-refractivity contribution is 14.1. The van der Waals surface area contributed by atoms with E-state index in [1.54, 1.807) is 0 Å². The first-order valence-electron chi connectivity index (χ1n) is 4.72. The lowest BCUT2D eigenvalue weighted by molar-refractivity contribution is -0.172. The number of alkyl halides is 3. The fourth-order valence-corrected chi connectivity index (χ4v) is 1.78. The van der Waals surface area contributed by atoms with E-state index in [1.165, 1.54) is 0 Å². The Morgan fingerprint density at radius 3 is 2.65 bits per heavy atom. The second kappa shape index (κ2) is 6.79. The fraction of sp³-hybridized carbons (Fsp3) is 0.400. The molecule has 0 saturated carbocycles. The summed E-state index contributed by atoms with van der Waals surface area (Å²) in [7, 11) is 0. The van der Waals surface area contributed by atoms with Gasteiger partial charge in [-0.25, -0.2) is 0 Å². The monoisotopic (exact) mass is 423 g/mol. The highest BCUT2D eigenvalue weighted by Gasteiger charge is 2.27. The van der Waals surface area contributed by atoms with Gasteiger partial charge in [-0.05, 0) is 56.7 Å². The highest BCUT2D eigenvalue weighted by Crippen LogP contribution is 2.22. The average molecular weight is 424 g/mol. The lowest BCUT2D eigenvalue weighted by Gasteiger charge is -2.09. The summed E-state index contributed by atoms with van der Waals surface area (Å²) < 4.78 is 41.7. The third kappa shape index (κ3) is 6.46. The maximum atomic E-state index is 11.8. The van der Waals surface area contributed by atoms with E-state index < -0.39 is 12.8 Å². The van der Waals surface area contributed by atoms with E-state index in [-0.39, 0.29) is 6.61 Å². The first-order valence-corrected chi connectivity index (χ1v) is 6.59. The van der Waals surface area contributed by atoms with E-state index in [9.17, 15) is 13.2 Å². The number of anilines is 1.